The number of carbonyl (C=O) groups is 1. The van der Waals surface area contributed by atoms with Crippen molar-refractivity contribution in [1.82, 2.24) is 9.80 Å². The molecule has 3 rings (SSSR count). The smallest absolute Gasteiger partial charge is 0.253 e. The summed E-state index contributed by atoms with van der Waals surface area (Å²) in [7, 11) is 0. The zero-order valence-corrected chi connectivity index (χ0v) is 16.9. The summed E-state index contributed by atoms with van der Waals surface area (Å²) in [4.78, 5) is 16.9. The van der Waals surface area contributed by atoms with Crippen molar-refractivity contribution < 1.29 is 9.53 Å². The molecule has 1 aliphatic rings. The molecule has 2 aromatic carbocycles. The summed E-state index contributed by atoms with van der Waals surface area (Å²) < 4.78 is 6.85. The Hall–Kier alpha value is -1.56. The Morgan fingerprint density at radius 2 is 1.88 bits per heavy atom. The maximum Gasteiger partial charge on any atom is 0.253 e. The molecule has 0 spiro atoms. The number of hydrogen-bond acceptors (Lipinski definition) is 3. The zero-order valence-electron chi connectivity index (χ0n) is 14.5. The average Bonchev–Trinajstić information content (AvgIpc) is 2.88. The number of amides is 1. The molecule has 138 valence electrons. The van der Waals surface area contributed by atoms with Crippen LogP contribution in [0.5, 0.6) is 5.75 Å². The van der Waals surface area contributed by atoms with E-state index in [4.69, 9.17) is 16.3 Å². The Labute approximate surface area is 167 Å². The largest absolute Gasteiger partial charge is 0.492 e. The maximum atomic E-state index is 12.7. The zero-order chi connectivity index (χ0) is 18.4. The van der Waals surface area contributed by atoms with Gasteiger partial charge in [0.05, 0.1) is 0 Å². The van der Waals surface area contributed by atoms with Crippen LogP contribution < -0.4 is 4.74 Å². The van der Waals surface area contributed by atoms with Gasteiger partial charge in [0.25, 0.3) is 5.91 Å². The number of hydrogen-bond donors (Lipinski definition) is 0. The van der Waals surface area contributed by atoms with Gasteiger partial charge in [0.2, 0.25) is 0 Å². The van der Waals surface area contributed by atoms with E-state index in [1.807, 2.05) is 41.3 Å². The molecule has 0 aromatic heterocycles. The SMILES string of the molecule is O=C(c1cccc(Cl)c1)N1CCCN(CCOc2ccc(Br)cc2)CC1. The molecule has 26 heavy (non-hydrogen) atoms. The van der Waals surface area contributed by atoms with Crippen molar-refractivity contribution in [1.29, 1.82) is 0 Å². The van der Waals surface area contributed by atoms with Gasteiger partial charge in [0.15, 0.2) is 0 Å². The lowest BCUT2D eigenvalue weighted by Crippen LogP contribution is -2.36. The number of rotatable bonds is 5. The molecular weight excluding hydrogens is 416 g/mol. The highest BCUT2D eigenvalue weighted by Gasteiger charge is 2.20. The van der Waals surface area contributed by atoms with Crippen LogP contribution in [0.1, 0.15) is 16.8 Å². The van der Waals surface area contributed by atoms with Crippen LogP contribution in [0.2, 0.25) is 5.02 Å². The van der Waals surface area contributed by atoms with Crippen LogP contribution in [-0.2, 0) is 0 Å². The topological polar surface area (TPSA) is 32.8 Å². The quantitative estimate of drug-likeness (QED) is 0.698. The van der Waals surface area contributed by atoms with E-state index in [2.05, 4.69) is 20.8 Å². The third kappa shape index (κ3) is 5.47. The third-order valence-electron chi connectivity index (χ3n) is 4.44. The van der Waals surface area contributed by atoms with E-state index < -0.39 is 0 Å². The normalized spacial score (nSPS) is 15.5. The predicted octanol–water partition coefficient (Wildman–Crippen LogP) is 4.33. The van der Waals surface area contributed by atoms with E-state index in [0.717, 1.165) is 49.4 Å². The molecule has 0 aliphatic carbocycles. The summed E-state index contributed by atoms with van der Waals surface area (Å²) in [5, 5.41) is 0.595. The third-order valence-corrected chi connectivity index (χ3v) is 5.20. The van der Waals surface area contributed by atoms with E-state index >= 15 is 0 Å². The maximum absolute atomic E-state index is 12.7. The fourth-order valence-corrected chi connectivity index (χ4v) is 3.48. The van der Waals surface area contributed by atoms with Crippen LogP contribution in [-0.4, -0.2) is 55.0 Å². The highest BCUT2D eigenvalue weighted by Crippen LogP contribution is 2.17. The number of halogens is 2. The van der Waals surface area contributed by atoms with Crippen LogP contribution in [0.4, 0.5) is 0 Å². The second-order valence-electron chi connectivity index (χ2n) is 6.30. The van der Waals surface area contributed by atoms with Gasteiger partial charge in [-0.2, -0.15) is 0 Å². The first-order chi connectivity index (χ1) is 12.6. The standard InChI is InChI=1S/C20H22BrClN2O2/c21-17-5-7-19(8-6-17)26-14-13-23-9-2-10-24(12-11-23)20(25)16-3-1-4-18(22)15-16/h1,3-8,15H,2,9-14H2. The van der Waals surface area contributed by atoms with E-state index in [9.17, 15) is 4.79 Å². The first-order valence-corrected chi connectivity index (χ1v) is 9.94. The fraction of sp³-hybridized carbons (Fsp3) is 0.350. The van der Waals surface area contributed by atoms with Crippen molar-refractivity contribution in [3.05, 3.63) is 63.6 Å². The van der Waals surface area contributed by atoms with Crippen molar-refractivity contribution in [3.8, 4) is 5.75 Å². The predicted molar refractivity (Wildman–Crippen MR) is 108 cm³/mol. The molecule has 1 fully saturated rings. The van der Waals surface area contributed by atoms with Crippen LogP contribution >= 0.6 is 27.5 Å². The van der Waals surface area contributed by atoms with Gasteiger partial charge < -0.3 is 9.64 Å². The molecule has 0 atom stereocenters. The van der Waals surface area contributed by atoms with Gasteiger partial charge in [-0.3, -0.25) is 9.69 Å². The lowest BCUT2D eigenvalue weighted by molar-refractivity contribution is 0.0760. The van der Waals surface area contributed by atoms with Crippen molar-refractivity contribution in [2.45, 2.75) is 6.42 Å². The molecule has 1 heterocycles. The first-order valence-electron chi connectivity index (χ1n) is 8.77. The molecule has 1 aliphatic heterocycles. The summed E-state index contributed by atoms with van der Waals surface area (Å²) in [5.74, 6) is 0.932. The molecule has 0 unspecified atom stereocenters. The summed E-state index contributed by atoms with van der Waals surface area (Å²) in [6, 6.07) is 15.0. The molecule has 0 N–H and O–H groups in total. The minimum atomic E-state index is 0.0560. The number of benzene rings is 2. The van der Waals surface area contributed by atoms with Crippen molar-refractivity contribution >= 4 is 33.4 Å². The van der Waals surface area contributed by atoms with Gasteiger partial charge in [-0.05, 0) is 48.9 Å². The van der Waals surface area contributed by atoms with Crippen molar-refractivity contribution in [2.24, 2.45) is 0 Å². The Morgan fingerprint density at radius 3 is 2.65 bits per heavy atom. The van der Waals surface area contributed by atoms with Gasteiger partial charge >= 0.3 is 0 Å². The van der Waals surface area contributed by atoms with E-state index in [0.29, 0.717) is 17.2 Å². The summed E-state index contributed by atoms with van der Waals surface area (Å²) in [6.45, 7) is 4.83. The van der Waals surface area contributed by atoms with Gasteiger partial charge in [-0.1, -0.05) is 33.6 Å². The lowest BCUT2D eigenvalue weighted by Gasteiger charge is -2.22. The van der Waals surface area contributed by atoms with Gasteiger partial charge in [0, 0.05) is 47.8 Å². The van der Waals surface area contributed by atoms with Crippen molar-refractivity contribution in [2.75, 3.05) is 39.3 Å². The minimum absolute atomic E-state index is 0.0560. The molecule has 4 nitrogen and oxygen atoms in total. The second-order valence-corrected chi connectivity index (χ2v) is 7.65. The Balaban J connectivity index is 1.47. The van der Waals surface area contributed by atoms with Gasteiger partial charge in [0.1, 0.15) is 12.4 Å². The monoisotopic (exact) mass is 436 g/mol. The number of nitrogens with zero attached hydrogens (tertiary/aromatic N) is 2. The van der Waals surface area contributed by atoms with E-state index in [-0.39, 0.29) is 5.91 Å². The minimum Gasteiger partial charge on any atom is -0.492 e. The van der Waals surface area contributed by atoms with Crippen molar-refractivity contribution in [3.63, 3.8) is 0 Å². The van der Waals surface area contributed by atoms with Gasteiger partial charge in [-0.25, -0.2) is 0 Å². The fourth-order valence-electron chi connectivity index (χ4n) is 3.03. The summed E-state index contributed by atoms with van der Waals surface area (Å²) >= 11 is 9.42. The molecule has 2 aromatic rings. The Morgan fingerprint density at radius 1 is 1.08 bits per heavy atom. The van der Waals surface area contributed by atoms with Crippen LogP contribution in [0, 0.1) is 0 Å². The van der Waals surface area contributed by atoms with Crippen LogP contribution in [0.15, 0.2) is 53.0 Å². The second kappa shape index (κ2) is 9.40. The highest BCUT2D eigenvalue weighted by atomic mass is 79.9. The average molecular weight is 438 g/mol. The molecular formula is C20H22BrClN2O2. The van der Waals surface area contributed by atoms with Gasteiger partial charge in [-0.15, -0.1) is 0 Å². The lowest BCUT2D eigenvalue weighted by atomic mass is 10.2. The molecule has 0 radical (unpaired) electrons. The van der Waals surface area contributed by atoms with E-state index in [1.165, 1.54) is 0 Å². The van der Waals surface area contributed by atoms with Crippen LogP contribution in [0.25, 0.3) is 0 Å². The first kappa shape index (κ1) is 19.2. The summed E-state index contributed by atoms with van der Waals surface area (Å²) in [5.41, 5.74) is 0.657. The molecule has 0 saturated carbocycles. The van der Waals surface area contributed by atoms with E-state index in [1.54, 1.807) is 12.1 Å². The van der Waals surface area contributed by atoms with Crippen LogP contribution in [0.3, 0.4) is 0 Å². The molecule has 0 bridgehead atoms. The number of carbonyl (C=O) groups excluding carboxylic acids is 1. The molecule has 6 heteroatoms. The molecule has 1 saturated heterocycles. The number of ether oxygens (including phenoxy) is 1. The molecule has 1 amide bonds. The highest BCUT2D eigenvalue weighted by molar-refractivity contribution is 9.10. The summed E-state index contributed by atoms with van der Waals surface area (Å²) in [6.07, 6.45) is 0.963. The Bertz CT molecular complexity index is 739. The Kier molecular flexibility index (Phi) is 6.94.